The van der Waals surface area contributed by atoms with Gasteiger partial charge in [0.1, 0.15) is 5.56 Å². The van der Waals surface area contributed by atoms with Crippen LogP contribution in [0, 0.1) is 23.0 Å². The summed E-state index contributed by atoms with van der Waals surface area (Å²) in [7, 11) is 0. The highest BCUT2D eigenvalue weighted by molar-refractivity contribution is 5.99. The van der Waals surface area contributed by atoms with Gasteiger partial charge in [-0.2, -0.15) is 0 Å². The zero-order valence-electron chi connectivity index (χ0n) is 12.2. The summed E-state index contributed by atoms with van der Waals surface area (Å²) in [4.78, 5) is 23.1. The molecule has 0 aliphatic heterocycles. The summed E-state index contributed by atoms with van der Waals surface area (Å²) in [5, 5.41) is 14.0. The molecule has 6 heteroatoms. The molecule has 21 heavy (non-hydrogen) atoms. The van der Waals surface area contributed by atoms with Crippen LogP contribution in [0.25, 0.3) is 0 Å². The summed E-state index contributed by atoms with van der Waals surface area (Å²) < 4.78 is 0. The number of carbonyl (C=O) groups excluding carboxylic acids is 1. The number of nitro groups is 1. The summed E-state index contributed by atoms with van der Waals surface area (Å²) >= 11 is 0. The van der Waals surface area contributed by atoms with Crippen molar-refractivity contribution in [2.24, 2.45) is 11.7 Å². The molecule has 0 spiro atoms. The molecule has 1 aromatic carbocycles. The average Bonchev–Trinajstić information content (AvgIpc) is 2.47. The molecule has 1 fully saturated rings. The van der Waals surface area contributed by atoms with Gasteiger partial charge in [0, 0.05) is 12.1 Å². The van der Waals surface area contributed by atoms with Gasteiger partial charge in [-0.3, -0.25) is 14.9 Å². The lowest BCUT2D eigenvalue weighted by Gasteiger charge is -2.31. The molecule has 1 saturated carbocycles. The molecule has 6 nitrogen and oxygen atoms in total. The van der Waals surface area contributed by atoms with Gasteiger partial charge in [-0.05, 0) is 37.8 Å². The van der Waals surface area contributed by atoms with Crippen molar-refractivity contribution in [3.63, 3.8) is 0 Å². The molecular formula is C15H21N3O3. The number of nitrogens with zero attached hydrogens (tertiary/aromatic N) is 1. The maximum absolute atomic E-state index is 12.5. The Morgan fingerprint density at radius 3 is 2.81 bits per heavy atom. The fourth-order valence-corrected chi connectivity index (χ4v) is 3.02. The topological polar surface area (TPSA) is 98.3 Å². The van der Waals surface area contributed by atoms with Crippen molar-refractivity contribution in [3.8, 4) is 0 Å². The second-order valence-electron chi connectivity index (χ2n) is 5.59. The SMILES string of the molecule is Cc1cccc([N+](=O)[O-])c1C(=O)NC1CCCCC1CN. The van der Waals surface area contributed by atoms with E-state index in [1.807, 2.05) is 0 Å². The Balaban J connectivity index is 2.22. The quantitative estimate of drug-likeness (QED) is 0.656. The highest BCUT2D eigenvalue weighted by Gasteiger charge is 2.29. The Labute approximate surface area is 123 Å². The number of aryl methyl sites for hydroxylation is 1. The first-order valence-corrected chi connectivity index (χ1v) is 7.29. The Morgan fingerprint density at radius 2 is 2.14 bits per heavy atom. The van der Waals surface area contributed by atoms with Crippen LogP contribution >= 0.6 is 0 Å². The van der Waals surface area contributed by atoms with Crippen LogP contribution in [0.2, 0.25) is 0 Å². The zero-order chi connectivity index (χ0) is 15.4. The number of nitrogens with two attached hydrogens (primary N) is 1. The first-order valence-electron chi connectivity index (χ1n) is 7.29. The maximum Gasteiger partial charge on any atom is 0.282 e. The lowest BCUT2D eigenvalue weighted by molar-refractivity contribution is -0.385. The second kappa shape index (κ2) is 6.67. The first-order chi connectivity index (χ1) is 10.0. The van der Waals surface area contributed by atoms with Crippen LogP contribution in [0.5, 0.6) is 0 Å². The van der Waals surface area contributed by atoms with E-state index in [1.54, 1.807) is 19.1 Å². The Hall–Kier alpha value is -1.95. The van der Waals surface area contributed by atoms with Gasteiger partial charge < -0.3 is 11.1 Å². The lowest BCUT2D eigenvalue weighted by Crippen LogP contribution is -2.45. The molecular weight excluding hydrogens is 270 g/mol. The Bertz CT molecular complexity index is 545. The number of benzene rings is 1. The Morgan fingerprint density at radius 1 is 1.43 bits per heavy atom. The standard InChI is InChI=1S/C15H21N3O3/c1-10-5-4-8-13(18(20)21)14(10)15(19)17-12-7-3-2-6-11(12)9-16/h4-5,8,11-12H,2-3,6-7,9,16H2,1H3,(H,17,19). The maximum atomic E-state index is 12.5. The van der Waals surface area contributed by atoms with E-state index < -0.39 is 4.92 Å². The third-order valence-electron chi connectivity index (χ3n) is 4.20. The largest absolute Gasteiger partial charge is 0.349 e. The van der Waals surface area contributed by atoms with E-state index in [9.17, 15) is 14.9 Å². The normalized spacial score (nSPS) is 21.8. The number of nitro benzene ring substituents is 1. The van der Waals surface area contributed by atoms with E-state index in [1.165, 1.54) is 6.07 Å². The van der Waals surface area contributed by atoms with Crippen LogP contribution in [0.4, 0.5) is 5.69 Å². The highest BCUT2D eigenvalue weighted by atomic mass is 16.6. The van der Waals surface area contributed by atoms with Crippen LogP contribution < -0.4 is 11.1 Å². The monoisotopic (exact) mass is 291 g/mol. The number of amides is 1. The molecule has 1 aliphatic rings. The van der Waals surface area contributed by atoms with Crippen LogP contribution in [0.15, 0.2) is 18.2 Å². The summed E-state index contributed by atoms with van der Waals surface area (Å²) in [5.74, 6) is -0.115. The molecule has 0 aromatic heterocycles. The minimum absolute atomic E-state index is 0.00969. The van der Waals surface area contributed by atoms with Gasteiger partial charge in [-0.25, -0.2) is 0 Å². The molecule has 2 unspecified atom stereocenters. The Kier molecular flexibility index (Phi) is 4.90. The van der Waals surface area contributed by atoms with Crippen LogP contribution in [-0.4, -0.2) is 23.4 Å². The third kappa shape index (κ3) is 3.39. The third-order valence-corrected chi connectivity index (χ3v) is 4.20. The molecule has 1 aromatic rings. The van der Waals surface area contributed by atoms with Gasteiger partial charge in [0.05, 0.1) is 4.92 Å². The van der Waals surface area contributed by atoms with E-state index in [-0.39, 0.29) is 29.1 Å². The van der Waals surface area contributed by atoms with Crippen LogP contribution in [0.1, 0.15) is 41.6 Å². The minimum Gasteiger partial charge on any atom is -0.349 e. The van der Waals surface area contributed by atoms with E-state index >= 15 is 0 Å². The molecule has 0 radical (unpaired) electrons. The van der Waals surface area contributed by atoms with Gasteiger partial charge in [-0.1, -0.05) is 25.0 Å². The number of hydrogen-bond acceptors (Lipinski definition) is 4. The van der Waals surface area contributed by atoms with Crippen molar-refractivity contribution in [3.05, 3.63) is 39.4 Å². The number of hydrogen-bond donors (Lipinski definition) is 2. The van der Waals surface area contributed by atoms with Gasteiger partial charge in [0.15, 0.2) is 0 Å². The fourth-order valence-electron chi connectivity index (χ4n) is 3.02. The summed E-state index contributed by atoms with van der Waals surface area (Å²) in [6.07, 6.45) is 4.06. The van der Waals surface area contributed by atoms with Gasteiger partial charge in [-0.15, -0.1) is 0 Å². The van der Waals surface area contributed by atoms with E-state index in [0.717, 1.165) is 25.7 Å². The van der Waals surface area contributed by atoms with Crippen LogP contribution in [-0.2, 0) is 0 Å². The van der Waals surface area contributed by atoms with Crippen molar-refractivity contribution < 1.29 is 9.72 Å². The molecule has 2 atom stereocenters. The molecule has 1 aliphatic carbocycles. The van der Waals surface area contributed by atoms with Crippen molar-refractivity contribution in [2.45, 2.75) is 38.6 Å². The molecule has 3 N–H and O–H groups in total. The summed E-state index contributed by atoms with van der Waals surface area (Å²) in [5.41, 5.74) is 6.38. The van der Waals surface area contributed by atoms with Gasteiger partial charge >= 0.3 is 0 Å². The van der Waals surface area contributed by atoms with E-state index in [4.69, 9.17) is 5.73 Å². The van der Waals surface area contributed by atoms with Crippen molar-refractivity contribution >= 4 is 11.6 Å². The van der Waals surface area contributed by atoms with E-state index in [2.05, 4.69) is 5.32 Å². The van der Waals surface area contributed by atoms with Crippen molar-refractivity contribution in [1.29, 1.82) is 0 Å². The zero-order valence-corrected chi connectivity index (χ0v) is 12.2. The summed E-state index contributed by atoms with van der Waals surface area (Å²) in [6, 6.07) is 4.68. The number of carbonyl (C=O) groups is 1. The first kappa shape index (κ1) is 15.4. The fraction of sp³-hybridized carbons (Fsp3) is 0.533. The second-order valence-corrected chi connectivity index (χ2v) is 5.59. The van der Waals surface area contributed by atoms with Gasteiger partial charge in [0.25, 0.3) is 11.6 Å². The summed E-state index contributed by atoms with van der Waals surface area (Å²) in [6.45, 7) is 2.24. The molecule has 0 saturated heterocycles. The molecule has 0 heterocycles. The number of rotatable bonds is 4. The minimum atomic E-state index is -0.511. The van der Waals surface area contributed by atoms with Crippen molar-refractivity contribution in [2.75, 3.05) is 6.54 Å². The predicted octanol–water partition coefficient (Wildman–Crippen LogP) is 2.15. The highest BCUT2D eigenvalue weighted by Crippen LogP contribution is 2.26. The molecule has 2 rings (SSSR count). The average molecular weight is 291 g/mol. The number of nitrogens with one attached hydrogen (secondary N) is 1. The molecule has 1 amide bonds. The predicted molar refractivity (Wildman–Crippen MR) is 80.1 cm³/mol. The molecule has 0 bridgehead atoms. The molecule has 114 valence electrons. The van der Waals surface area contributed by atoms with E-state index in [0.29, 0.717) is 12.1 Å². The van der Waals surface area contributed by atoms with Gasteiger partial charge in [0.2, 0.25) is 0 Å². The van der Waals surface area contributed by atoms with Crippen LogP contribution in [0.3, 0.4) is 0 Å². The van der Waals surface area contributed by atoms with Crippen molar-refractivity contribution in [1.82, 2.24) is 5.32 Å². The lowest BCUT2D eigenvalue weighted by atomic mass is 9.84. The smallest absolute Gasteiger partial charge is 0.282 e.